The maximum atomic E-state index is 12.0. The van der Waals surface area contributed by atoms with Crippen molar-refractivity contribution in [2.24, 2.45) is 5.73 Å². The van der Waals surface area contributed by atoms with Crippen LogP contribution in [-0.4, -0.2) is 29.6 Å². The first-order valence-electron chi connectivity index (χ1n) is 5.61. The standard InChI is InChI=1S/C12H12ClN3O3/c13-6-11(18)16-8-4-2-1-3-7(8)15-12(19)9(16)5-10(14)17/h1-4,9H,5-6H2,(H2,14,17)(H,15,19). The van der Waals surface area contributed by atoms with Crippen molar-refractivity contribution in [1.29, 1.82) is 0 Å². The first-order valence-corrected chi connectivity index (χ1v) is 6.14. The molecule has 1 unspecified atom stereocenters. The summed E-state index contributed by atoms with van der Waals surface area (Å²) in [5, 5.41) is 2.64. The van der Waals surface area contributed by atoms with Crippen molar-refractivity contribution >= 4 is 40.7 Å². The number of amides is 3. The van der Waals surface area contributed by atoms with E-state index in [-0.39, 0.29) is 12.3 Å². The van der Waals surface area contributed by atoms with E-state index in [0.29, 0.717) is 11.4 Å². The van der Waals surface area contributed by atoms with E-state index in [1.165, 1.54) is 4.90 Å². The third-order valence-electron chi connectivity index (χ3n) is 2.81. The van der Waals surface area contributed by atoms with Gasteiger partial charge >= 0.3 is 0 Å². The van der Waals surface area contributed by atoms with Gasteiger partial charge < -0.3 is 11.1 Å². The Morgan fingerprint density at radius 1 is 1.37 bits per heavy atom. The number of para-hydroxylation sites is 2. The number of halogens is 1. The molecule has 1 heterocycles. The van der Waals surface area contributed by atoms with Crippen molar-refractivity contribution in [3.63, 3.8) is 0 Å². The molecule has 0 aliphatic carbocycles. The lowest BCUT2D eigenvalue weighted by molar-refractivity contribution is -0.125. The predicted octanol–water partition coefficient (Wildman–Crippen LogP) is 0.454. The second-order valence-corrected chi connectivity index (χ2v) is 4.36. The minimum atomic E-state index is -0.960. The van der Waals surface area contributed by atoms with E-state index in [1.807, 2.05) is 0 Å². The molecule has 0 fully saturated rings. The molecule has 19 heavy (non-hydrogen) atoms. The number of rotatable bonds is 3. The normalized spacial score (nSPS) is 17.6. The summed E-state index contributed by atoms with van der Waals surface area (Å²) in [4.78, 5) is 36.2. The number of anilines is 2. The molecule has 0 aromatic heterocycles. The molecule has 1 aromatic carbocycles. The molecular weight excluding hydrogens is 270 g/mol. The van der Waals surface area contributed by atoms with Crippen molar-refractivity contribution in [1.82, 2.24) is 0 Å². The quantitative estimate of drug-likeness (QED) is 0.788. The van der Waals surface area contributed by atoms with Gasteiger partial charge in [0.25, 0.3) is 0 Å². The molecule has 0 spiro atoms. The minimum absolute atomic E-state index is 0.247. The Kier molecular flexibility index (Phi) is 3.71. The minimum Gasteiger partial charge on any atom is -0.370 e. The summed E-state index contributed by atoms with van der Waals surface area (Å²) >= 11 is 5.56. The molecule has 2 rings (SSSR count). The highest BCUT2D eigenvalue weighted by atomic mass is 35.5. The second-order valence-electron chi connectivity index (χ2n) is 4.09. The molecular formula is C12H12ClN3O3. The summed E-state index contributed by atoms with van der Waals surface area (Å²) in [5.74, 6) is -1.84. The van der Waals surface area contributed by atoms with Gasteiger partial charge in [0.1, 0.15) is 11.9 Å². The maximum Gasteiger partial charge on any atom is 0.248 e. The van der Waals surface area contributed by atoms with Crippen molar-refractivity contribution in [3.05, 3.63) is 24.3 Å². The molecule has 1 aliphatic rings. The fraction of sp³-hybridized carbons (Fsp3) is 0.250. The zero-order valence-electron chi connectivity index (χ0n) is 9.93. The summed E-state index contributed by atoms with van der Waals surface area (Å²) in [7, 11) is 0. The topological polar surface area (TPSA) is 92.5 Å². The number of hydrogen-bond acceptors (Lipinski definition) is 3. The Balaban J connectivity index is 2.47. The number of fused-ring (bicyclic) bond motifs is 1. The van der Waals surface area contributed by atoms with Gasteiger partial charge in [0.2, 0.25) is 17.7 Å². The van der Waals surface area contributed by atoms with E-state index in [1.54, 1.807) is 24.3 Å². The molecule has 3 N–H and O–H groups in total. The number of nitrogens with two attached hydrogens (primary N) is 1. The molecule has 7 heteroatoms. The largest absolute Gasteiger partial charge is 0.370 e. The van der Waals surface area contributed by atoms with Gasteiger partial charge in [0.15, 0.2) is 0 Å². The zero-order chi connectivity index (χ0) is 14.0. The van der Waals surface area contributed by atoms with E-state index in [9.17, 15) is 14.4 Å². The van der Waals surface area contributed by atoms with Crippen LogP contribution in [0, 0.1) is 0 Å². The third kappa shape index (κ3) is 2.53. The monoisotopic (exact) mass is 281 g/mol. The third-order valence-corrected chi connectivity index (χ3v) is 3.04. The van der Waals surface area contributed by atoms with Gasteiger partial charge in [-0.2, -0.15) is 0 Å². The van der Waals surface area contributed by atoms with Gasteiger partial charge in [0, 0.05) is 0 Å². The summed E-state index contributed by atoms with van der Waals surface area (Å²) < 4.78 is 0. The summed E-state index contributed by atoms with van der Waals surface area (Å²) in [6, 6.07) is 5.84. The lowest BCUT2D eigenvalue weighted by Gasteiger charge is -2.35. The van der Waals surface area contributed by atoms with Gasteiger partial charge in [-0.1, -0.05) is 12.1 Å². The molecule has 0 radical (unpaired) electrons. The van der Waals surface area contributed by atoms with E-state index in [2.05, 4.69) is 5.32 Å². The van der Waals surface area contributed by atoms with Crippen LogP contribution in [0.5, 0.6) is 0 Å². The Morgan fingerprint density at radius 2 is 2.05 bits per heavy atom. The van der Waals surface area contributed by atoms with Crippen molar-refractivity contribution < 1.29 is 14.4 Å². The lowest BCUT2D eigenvalue weighted by Crippen LogP contribution is -2.53. The van der Waals surface area contributed by atoms with Gasteiger partial charge in [0.05, 0.1) is 17.8 Å². The molecule has 3 amide bonds. The number of carbonyl (C=O) groups excluding carboxylic acids is 3. The van der Waals surface area contributed by atoms with Crippen molar-refractivity contribution in [3.8, 4) is 0 Å². The van der Waals surface area contributed by atoms with Crippen LogP contribution in [0.25, 0.3) is 0 Å². The van der Waals surface area contributed by atoms with Crippen LogP contribution in [0.2, 0.25) is 0 Å². The zero-order valence-corrected chi connectivity index (χ0v) is 10.7. The molecule has 1 aliphatic heterocycles. The number of nitrogens with one attached hydrogen (secondary N) is 1. The first-order chi connectivity index (χ1) is 9.04. The Labute approximate surface area is 114 Å². The SMILES string of the molecule is NC(=O)CC1C(=O)Nc2ccccc2N1C(=O)CCl. The molecule has 0 saturated carbocycles. The van der Waals surface area contributed by atoms with Crippen LogP contribution in [-0.2, 0) is 14.4 Å². The van der Waals surface area contributed by atoms with Crippen LogP contribution in [0.15, 0.2) is 24.3 Å². The molecule has 0 saturated heterocycles. The first kappa shape index (κ1) is 13.4. The van der Waals surface area contributed by atoms with E-state index < -0.39 is 23.8 Å². The van der Waals surface area contributed by atoms with Gasteiger partial charge in [-0.05, 0) is 12.1 Å². The lowest BCUT2D eigenvalue weighted by atomic mass is 10.0. The molecule has 0 bridgehead atoms. The number of primary amides is 1. The van der Waals surface area contributed by atoms with Gasteiger partial charge in [-0.3, -0.25) is 19.3 Å². The maximum absolute atomic E-state index is 12.0. The van der Waals surface area contributed by atoms with Crippen LogP contribution in [0.4, 0.5) is 11.4 Å². The van der Waals surface area contributed by atoms with E-state index in [4.69, 9.17) is 17.3 Å². The van der Waals surface area contributed by atoms with Crippen LogP contribution >= 0.6 is 11.6 Å². The number of nitrogens with zero attached hydrogens (tertiary/aromatic N) is 1. The average Bonchev–Trinajstić information content (AvgIpc) is 2.38. The average molecular weight is 282 g/mol. The fourth-order valence-corrected chi connectivity index (χ4v) is 2.17. The fourth-order valence-electron chi connectivity index (χ4n) is 2.04. The number of benzene rings is 1. The number of alkyl halides is 1. The van der Waals surface area contributed by atoms with E-state index >= 15 is 0 Å². The Bertz CT molecular complexity index is 547. The van der Waals surface area contributed by atoms with Crippen molar-refractivity contribution in [2.45, 2.75) is 12.5 Å². The van der Waals surface area contributed by atoms with Gasteiger partial charge in [-0.25, -0.2) is 0 Å². The van der Waals surface area contributed by atoms with Crippen LogP contribution in [0.3, 0.4) is 0 Å². The highest BCUT2D eigenvalue weighted by molar-refractivity contribution is 6.30. The highest BCUT2D eigenvalue weighted by Gasteiger charge is 2.37. The van der Waals surface area contributed by atoms with Crippen LogP contribution in [0.1, 0.15) is 6.42 Å². The Morgan fingerprint density at radius 3 is 2.68 bits per heavy atom. The molecule has 1 aromatic rings. The summed E-state index contributed by atoms with van der Waals surface area (Å²) in [6.07, 6.45) is -0.247. The molecule has 1 atom stereocenters. The number of hydrogen-bond donors (Lipinski definition) is 2. The second kappa shape index (κ2) is 5.27. The number of carbonyl (C=O) groups is 3. The molecule has 6 nitrogen and oxygen atoms in total. The summed E-state index contributed by atoms with van der Waals surface area (Å²) in [5.41, 5.74) is 6.14. The predicted molar refractivity (Wildman–Crippen MR) is 70.9 cm³/mol. The van der Waals surface area contributed by atoms with Crippen LogP contribution < -0.4 is 16.0 Å². The molecule has 100 valence electrons. The smallest absolute Gasteiger partial charge is 0.248 e. The van der Waals surface area contributed by atoms with E-state index in [0.717, 1.165) is 0 Å². The van der Waals surface area contributed by atoms with Crippen molar-refractivity contribution in [2.75, 3.05) is 16.1 Å². The highest BCUT2D eigenvalue weighted by Crippen LogP contribution is 2.32. The Hall–Kier alpha value is -2.08. The summed E-state index contributed by atoms with van der Waals surface area (Å²) in [6.45, 7) is 0. The van der Waals surface area contributed by atoms with Gasteiger partial charge in [-0.15, -0.1) is 11.6 Å².